The van der Waals surface area contributed by atoms with Crippen LogP contribution in [0.25, 0.3) is 22.3 Å². The molecular formula is C25H19ClO. The Morgan fingerprint density at radius 2 is 0.963 bits per heavy atom. The van der Waals surface area contributed by atoms with Crippen molar-refractivity contribution in [2.45, 2.75) is 5.38 Å². The largest absolute Gasteiger partial charge is 0.507 e. The Bertz CT molecular complexity index is 967. The molecular weight excluding hydrogens is 352 g/mol. The van der Waals surface area contributed by atoms with Gasteiger partial charge in [-0.15, -0.1) is 11.6 Å². The molecule has 4 aromatic rings. The molecule has 1 unspecified atom stereocenters. The van der Waals surface area contributed by atoms with Crippen LogP contribution < -0.4 is 0 Å². The standard InChI is InChI=1S/C25H19ClO/c26-24(20-14-8-3-9-15-20)21-16-22(18-10-4-1-5-11-18)25(27)23(17-21)19-12-6-2-7-13-19/h1-17,24,27H. The highest BCUT2D eigenvalue weighted by Crippen LogP contribution is 2.42. The molecule has 2 heteroatoms. The van der Waals surface area contributed by atoms with E-state index in [2.05, 4.69) is 0 Å². The summed E-state index contributed by atoms with van der Waals surface area (Å²) in [5.74, 6) is 0.271. The number of rotatable bonds is 4. The van der Waals surface area contributed by atoms with Crippen LogP contribution in [0.15, 0.2) is 103 Å². The summed E-state index contributed by atoms with van der Waals surface area (Å²) in [6, 6.07) is 33.8. The van der Waals surface area contributed by atoms with Crippen LogP contribution >= 0.6 is 11.6 Å². The van der Waals surface area contributed by atoms with E-state index in [4.69, 9.17) is 11.6 Å². The lowest BCUT2D eigenvalue weighted by Crippen LogP contribution is -1.96. The van der Waals surface area contributed by atoms with Crippen molar-refractivity contribution >= 4 is 11.6 Å². The van der Waals surface area contributed by atoms with Crippen LogP contribution in [-0.4, -0.2) is 5.11 Å². The van der Waals surface area contributed by atoms with Gasteiger partial charge in [0.25, 0.3) is 0 Å². The second-order valence-corrected chi connectivity index (χ2v) is 6.91. The third-order valence-corrected chi connectivity index (χ3v) is 5.19. The first kappa shape index (κ1) is 17.4. The van der Waals surface area contributed by atoms with Gasteiger partial charge in [-0.2, -0.15) is 0 Å². The maximum Gasteiger partial charge on any atom is 0.131 e. The third kappa shape index (κ3) is 3.60. The summed E-state index contributed by atoms with van der Waals surface area (Å²) in [4.78, 5) is 0. The van der Waals surface area contributed by atoms with Gasteiger partial charge >= 0.3 is 0 Å². The zero-order valence-corrected chi connectivity index (χ0v) is 15.5. The summed E-state index contributed by atoms with van der Waals surface area (Å²) in [5.41, 5.74) is 5.49. The Labute approximate surface area is 164 Å². The second kappa shape index (κ2) is 7.69. The van der Waals surface area contributed by atoms with Crippen molar-refractivity contribution in [1.82, 2.24) is 0 Å². The number of hydrogen-bond acceptors (Lipinski definition) is 1. The van der Waals surface area contributed by atoms with Gasteiger partial charge in [0.15, 0.2) is 0 Å². The Morgan fingerprint density at radius 1 is 0.556 bits per heavy atom. The van der Waals surface area contributed by atoms with Crippen LogP contribution in [0.2, 0.25) is 0 Å². The Balaban J connectivity index is 1.92. The van der Waals surface area contributed by atoms with Gasteiger partial charge in [0.2, 0.25) is 0 Å². The number of phenolic OH excluding ortho intramolecular Hbond substituents is 1. The topological polar surface area (TPSA) is 20.2 Å². The summed E-state index contributed by atoms with van der Waals surface area (Å²) >= 11 is 6.82. The van der Waals surface area contributed by atoms with Crippen LogP contribution in [0.4, 0.5) is 0 Å². The van der Waals surface area contributed by atoms with Crippen molar-refractivity contribution in [2.24, 2.45) is 0 Å². The fourth-order valence-corrected chi connectivity index (χ4v) is 3.56. The minimum absolute atomic E-state index is 0.271. The van der Waals surface area contributed by atoms with E-state index in [0.717, 1.165) is 33.4 Å². The van der Waals surface area contributed by atoms with E-state index in [1.807, 2.05) is 103 Å². The molecule has 4 rings (SSSR count). The van der Waals surface area contributed by atoms with E-state index in [1.54, 1.807) is 0 Å². The van der Waals surface area contributed by atoms with Crippen molar-refractivity contribution in [2.75, 3.05) is 0 Å². The molecule has 0 heterocycles. The van der Waals surface area contributed by atoms with Gasteiger partial charge in [0.1, 0.15) is 5.75 Å². The van der Waals surface area contributed by atoms with Crippen LogP contribution in [0, 0.1) is 0 Å². The summed E-state index contributed by atoms with van der Waals surface area (Å²) in [7, 11) is 0. The first-order valence-corrected chi connectivity index (χ1v) is 9.34. The second-order valence-electron chi connectivity index (χ2n) is 6.47. The fourth-order valence-electron chi connectivity index (χ4n) is 3.29. The van der Waals surface area contributed by atoms with Crippen molar-refractivity contribution in [1.29, 1.82) is 0 Å². The monoisotopic (exact) mass is 370 g/mol. The molecule has 1 atom stereocenters. The molecule has 0 amide bonds. The zero-order valence-electron chi connectivity index (χ0n) is 14.7. The molecule has 0 bridgehead atoms. The number of benzene rings is 4. The fraction of sp³-hybridized carbons (Fsp3) is 0.0400. The zero-order chi connectivity index (χ0) is 18.6. The van der Waals surface area contributed by atoms with E-state index in [0.29, 0.717) is 0 Å². The number of phenols is 1. The molecule has 0 aliphatic heterocycles. The highest BCUT2D eigenvalue weighted by molar-refractivity contribution is 6.22. The number of alkyl halides is 1. The van der Waals surface area contributed by atoms with E-state index in [-0.39, 0.29) is 11.1 Å². The molecule has 0 aliphatic carbocycles. The minimum atomic E-state index is -0.295. The average Bonchev–Trinajstić information content (AvgIpc) is 2.75. The molecule has 132 valence electrons. The molecule has 1 N–H and O–H groups in total. The molecule has 0 saturated heterocycles. The molecule has 0 aliphatic rings. The summed E-state index contributed by atoms with van der Waals surface area (Å²) < 4.78 is 0. The van der Waals surface area contributed by atoms with Crippen LogP contribution in [0.5, 0.6) is 5.75 Å². The summed E-state index contributed by atoms with van der Waals surface area (Å²) in [5, 5.41) is 10.7. The van der Waals surface area contributed by atoms with E-state index >= 15 is 0 Å². The smallest absolute Gasteiger partial charge is 0.131 e. The number of halogens is 1. The molecule has 27 heavy (non-hydrogen) atoms. The molecule has 1 nitrogen and oxygen atoms in total. The number of aromatic hydroxyl groups is 1. The minimum Gasteiger partial charge on any atom is -0.507 e. The van der Waals surface area contributed by atoms with Gasteiger partial charge in [0, 0.05) is 11.1 Å². The van der Waals surface area contributed by atoms with Gasteiger partial charge in [-0.1, -0.05) is 91.0 Å². The van der Waals surface area contributed by atoms with E-state index in [1.165, 1.54) is 0 Å². The predicted molar refractivity (Wildman–Crippen MR) is 113 cm³/mol. The Hall–Kier alpha value is -3.03. The number of hydrogen-bond donors (Lipinski definition) is 1. The van der Waals surface area contributed by atoms with Crippen molar-refractivity contribution in [3.8, 4) is 28.0 Å². The van der Waals surface area contributed by atoms with Gasteiger partial charge in [-0.05, 0) is 34.4 Å². The normalized spacial score (nSPS) is 11.9. The highest BCUT2D eigenvalue weighted by Gasteiger charge is 2.18. The lowest BCUT2D eigenvalue weighted by Gasteiger charge is -2.17. The van der Waals surface area contributed by atoms with E-state index < -0.39 is 0 Å². The SMILES string of the molecule is Oc1c(-c2ccccc2)cc(C(Cl)c2ccccc2)cc1-c1ccccc1. The van der Waals surface area contributed by atoms with Crippen LogP contribution in [0.3, 0.4) is 0 Å². The van der Waals surface area contributed by atoms with Crippen molar-refractivity contribution in [3.63, 3.8) is 0 Å². The molecule has 0 radical (unpaired) electrons. The van der Waals surface area contributed by atoms with Crippen molar-refractivity contribution in [3.05, 3.63) is 114 Å². The Morgan fingerprint density at radius 3 is 1.41 bits per heavy atom. The lowest BCUT2D eigenvalue weighted by atomic mass is 9.92. The quantitative estimate of drug-likeness (QED) is 0.381. The van der Waals surface area contributed by atoms with E-state index in [9.17, 15) is 5.11 Å². The molecule has 0 saturated carbocycles. The predicted octanol–water partition coefficient (Wildman–Crippen LogP) is 7.05. The maximum absolute atomic E-state index is 11.0. The van der Waals surface area contributed by atoms with Crippen molar-refractivity contribution < 1.29 is 5.11 Å². The first-order valence-electron chi connectivity index (χ1n) is 8.91. The molecule has 0 aromatic heterocycles. The summed E-state index contributed by atoms with van der Waals surface area (Å²) in [6.45, 7) is 0. The van der Waals surface area contributed by atoms with Gasteiger partial charge in [-0.3, -0.25) is 0 Å². The average molecular weight is 371 g/mol. The van der Waals surface area contributed by atoms with Crippen LogP contribution in [-0.2, 0) is 0 Å². The third-order valence-electron chi connectivity index (χ3n) is 4.69. The Kier molecular flexibility index (Phi) is 4.95. The lowest BCUT2D eigenvalue weighted by molar-refractivity contribution is 0.479. The molecule has 4 aromatic carbocycles. The van der Waals surface area contributed by atoms with Gasteiger partial charge < -0.3 is 5.11 Å². The highest BCUT2D eigenvalue weighted by atomic mass is 35.5. The van der Waals surface area contributed by atoms with Crippen LogP contribution in [0.1, 0.15) is 16.5 Å². The molecule has 0 fully saturated rings. The first-order chi connectivity index (χ1) is 13.2. The van der Waals surface area contributed by atoms with Gasteiger partial charge in [0.05, 0.1) is 5.38 Å². The molecule has 0 spiro atoms. The maximum atomic E-state index is 11.0. The summed E-state index contributed by atoms with van der Waals surface area (Å²) in [6.07, 6.45) is 0. The van der Waals surface area contributed by atoms with Gasteiger partial charge in [-0.25, -0.2) is 0 Å².